The predicted molar refractivity (Wildman–Crippen MR) is 65.9 cm³/mol. The van der Waals surface area contributed by atoms with Crippen LogP contribution in [0.5, 0.6) is 0 Å². The Morgan fingerprint density at radius 2 is 2.19 bits per heavy atom. The molecule has 2 heterocycles. The molecule has 0 aliphatic carbocycles. The summed E-state index contributed by atoms with van der Waals surface area (Å²) in [7, 11) is 0. The summed E-state index contributed by atoms with van der Waals surface area (Å²) in [6.45, 7) is 4.01. The summed E-state index contributed by atoms with van der Waals surface area (Å²) in [5.41, 5.74) is 1.03. The molecule has 2 aromatic rings. The van der Waals surface area contributed by atoms with Crippen LogP contribution in [0, 0.1) is 6.92 Å². The van der Waals surface area contributed by atoms with Crippen molar-refractivity contribution < 1.29 is 0 Å². The summed E-state index contributed by atoms with van der Waals surface area (Å²) in [4.78, 5) is 12.5. The van der Waals surface area contributed by atoms with Gasteiger partial charge >= 0.3 is 0 Å². The first-order valence-electron chi connectivity index (χ1n) is 4.81. The second kappa shape index (κ2) is 4.76. The van der Waals surface area contributed by atoms with Gasteiger partial charge in [0.25, 0.3) is 0 Å². The van der Waals surface area contributed by atoms with E-state index in [1.165, 1.54) is 6.20 Å². The molecule has 0 fully saturated rings. The highest BCUT2D eigenvalue weighted by molar-refractivity contribution is 7.09. The molecule has 0 aromatic carbocycles. The summed E-state index contributed by atoms with van der Waals surface area (Å²) in [6.07, 6.45) is 3.15. The fraction of sp³-hybridized carbons (Fsp3) is 0.300. The summed E-state index contributed by atoms with van der Waals surface area (Å²) < 4.78 is 0. The average molecular weight is 255 g/mol. The van der Waals surface area contributed by atoms with Crippen LogP contribution in [0.15, 0.2) is 17.8 Å². The Balaban J connectivity index is 2.10. The van der Waals surface area contributed by atoms with Crippen LogP contribution in [0.25, 0.3) is 0 Å². The lowest BCUT2D eigenvalue weighted by Gasteiger charge is -2.11. The van der Waals surface area contributed by atoms with Crippen LogP contribution in [0.1, 0.15) is 23.7 Å². The number of thiazole rings is 1. The highest BCUT2D eigenvalue weighted by Crippen LogP contribution is 2.21. The highest BCUT2D eigenvalue weighted by Gasteiger charge is 2.09. The molecule has 0 saturated carbocycles. The normalized spacial score (nSPS) is 12.4. The number of nitrogens with one attached hydrogen (secondary N) is 1. The Hall–Kier alpha value is -1.20. The van der Waals surface area contributed by atoms with Crippen molar-refractivity contribution in [2.24, 2.45) is 0 Å². The Labute approximate surface area is 103 Å². The van der Waals surface area contributed by atoms with Crippen molar-refractivity contribution in [1.82, 2.24) is 15.0 Å². The highest BCUT2D eigenvalue weighted by atomic mass is 35.5. The standard InChI is InChI=1S/C10H11ClN4S/c1-6-5-16-10(13-6)7(2)14-9-4-12-3-8(11)15-9/h3-5,7H,1-2H3,(H,14,15). The van der Waals surface area contributed by atoms with Crippen molar-refractivity contribution in [3.63, 3.8) is 0 Å². The number of hydrogen-bond donors (Lipinski definition) is 1. The second-order valence-corrected chi connectivity index (χ2v) is 4.70. The molecule has 0 radical (unpaired) electrons. The Kier molecular flexibility index (Phi) is 3.36. The molecular weight excluding hydrogens is 244 g/mol. The van der Waals surface area contributed by atoms with Gasteiger partial charge in [-0.3, -0.25) is 4.98 Å². The summed E-state index contributed by atoms with van der Waals surface area (Å²) in [5.74, 6) is 0.660. The fourth-order valence-electron chi connectivity index (χ4n) is 1.27. The quantitative estimate of drug-likeness (QED) is 0.915. The number of aryl methyl sites for hydroxylation is 1. The van der Waals surface area contributed by atoms with E-state index in [4.69, 9.17) is 11.6 Å². The number of nitrogens with zero attached hydrogens (tertiary/aromatic N) is 3. The molecule has 2 aromatic heterocycles. The van der Waals surface area contributed by atoms with Crippen molar-refractivity contribution in [3.05, 3.63) is 33.6 Å². The lowest BCUT2D eigenvalue weighted by molar-refractivity contribution is 0.853. The first-order chi connectivity index (χ1) is 7.65. The molecule has 0 amide bonds. The summed E-state index contributed by atoms with van der Waals surface area (Å²) in [6, 6.07) is 0.103. The van der Waals surface area contributed by atoms with E-state index in [9.17, 15) is 0 Å². The van der Waals surface area contributed by atoms with E-state index in [1.54, 1.807) is 17.5 Å². The van der Waals surface area contributed by atoms with Crippen LogP contribution in [0.3, 0.4) is 0 Å². The van der Waals surface area contributed by atoms with Gasteiger partial charge in [-0.05, 0) is 13.8 Å². The monoisotopic (exact) mass is 254 g/mol. The molecule has 16 heavy (non-hydrogen) atoms. The van der Waals surface area contributed by atoms with E-state index in [1.807, 2.05) is 19.2 Å². The van der Waals surface area contributed by atoms with E-state index in [0.717, 1.165) is 10.7 Å². The van der Waals surface area contributed by atoms with Crippen LogP contribution < -0.4 is 5.32 Å². The molecular formula is C10H11ClN4S. The molecule has 1 atom stereocenters. The van der Waals surface area contributed by atoms with Gasteiger partial charge in [0.15, 0.2) is 0 Å². The van der Waals surface area contributed by atoms with E-state index in [2.05, 4.69) is 20.3 Å². The van der Waals surface area contributed by atoms with Crippen LogP contribution in [0.4, 0.5) is 5.82 Å². The van der Waals surface area contributed by atoms with Crippen molar-refractivity contribution in [3.8, 4) is 0 Å². The van der Waals surface area contributed by atoms with Crippen LogP contribution in [-0.2, 0) is 0 Å². The average Bonchev–Trinajstić information content (AvgIpc) is 2.65. The van der Waals surface area contributed by atoms with Crippen molar-refractivity contribution in [2.45, 2.75) is 19.9 Å². The van der Waals surface area contributed by atoms with Crippen LogP contribution >= 0.6 is 22.9 Å². The van der Waals surface area contributed by atoms with Gasteiger partial charge in [0.05, 0.1) is 18.4 Å². The molecule has 4 nitrogen and oxygen atoms in total. The maximum absolute atomic E-state index is 5.75. The topological polar surface area (TPSA) is 50.7 Å². The number of aromatic nitrogens is 3. The van der Waals surface area contributed by atoms with E-state index in [-0.39, 0.29) is 6.04 Å². The maximum Gasteiger partial charge on any atom is 0.149 e. The third kappa shape index (κ3) is 2.68. The van der Waals surface area contributed by atoms with Gasteiger partial charge < -0.3 is 5.32 Å². The van der Waals surface area contributed by atoms with E-state index < -0.39 is 0 Å². The first-order valence-corrected chi connectivity index (χ1v) is 6.07. The largest absolute Gasteiger partial charge is 0.360 e. The zero-order valence-corrected chi connectivity index (χ0v) is 10.5. The van der Waals surface area contributed by atoms with Crippen molar-refractivity contribution in [1.29, 1.82) is 0 Å². The van der Waals surface area contributed by atoms with E-state index in [0.29, 0.717) is 11.0 Å². The van der Waals surface area contributed by atoms with Gasteiger partial charge in [0.2, 0.25) is 0 Å². The minimum Gasteiger partial charge on any atom is -0.360 e. The fourth-order valence-corrected chi connectivity index (χ4v) is 2.22. The molecule has 0 aliphatic heterocycles. The lowest BCUT2D eigenvalue weighted by atomic mass is 10.3. The number of rotatable bonds is 3. The lowest BCUT2D eigenvalue weighted by Crippen LogP contribution is -2.07. The van der Waals surface area contributed by atoms with Gasteiger partial charge in [-0.25, -0.2) is 9.97 Å². The molecule has 84 valence electrons. The van der Waals surface area contributed by atoms with Crippen molar-refractivity contribution in [2.75, 3.05) is 5.32 Å². The minimum atomic E-state index is 0.103. The van der Waals surface area contributed by atoms with E-state index >= 15 is 0 Å². The molecule has 1 N–H and O–H groups in total. The molecule has 0 spiro atoms. The summed E-state index contributed by atoms with van der Waals surface area (Å²) in [5, 5.41) is 6.64. The zero-order chi connectivity index (χ0) is 11.5. The van der Waals surface area contributed by atoms with Gasteiger partial charge in [0.1, 0.15) is 16.0 Å². The minimum absolute atomic E-state index is 0.103. The summed E-state index contributed by atoms with van der Waals surface area (Å²) >= 11 is 7.38. The van der Waals surface area contributed by atoms with Gasteiger partial charge in [0, 0.05) is 11.1 Å². The Morgan fingerprint density at radius 1 is 1.38 bits per heavy atom. The Bertz CT molecular complexity index is 485. The van der Waals surface area contributed by atoms with Gasteiger partial charge in [-0.15, -0.1) is 11.3 Å². The van der Waals surface area contributed by atoms with Crippen molar-refractivity contribution >= 4 is 28.8 Å². The first kappa shape index (κ1) is 11.3. The van der Waals surface area contributed by atoms with Crippen LogP contribution in [-0.4, -0.2) is 15.0 Å². The Morgan fingerprint density at radius 3 is 2.81 bits per heavy atom. The maximum atomic E-state index is 5.75. The molecule has 2 rings (SSSR count). The number of anilines is 1. The van der Waals surface area contributed by atoms with Crippen LogP contribution in [0.2, 0.25) is 5.15 Å². The molecule has 0 bridgehead atoms. The second-order valence-electron chi connectivity index (χ2n) is 3.42. The number of hydrogen-bond acceptors (Lipinski definition) is 5. The molecule has 6 heteroatoms. The number of halogens is 1. The smallest absolute Gasteiger partial charge is 0.149 e. The molecule has 1 unspecified atom stereocenters. The third-order valence-electron chi connectivity index (χ3n) is 1.98. The SMILES string of the molecule is Cc1csc(C(C)Nc2cncc(Cl)n2)n1. The van der Waals surface area contributed by atoms with Gasteiger partial charge in [-0.2, -0.15) is 0 Å². The zero-order valence-electron chi connectivity index (χ0n) is 8.94. The van der Waals surface area contributed by atoms with Gasteiger partial charge in [-0.1, -0.05) is 11.6 Å². The molecule has 0 aliphatic rings. The third-order valence-corrected chi connectivity index (χ3v) is 3.30. The predicted octanol–water partition coefficient (Wildman–Crippen LogP) is 3.07. The molecule has 0 saturated heterocycles.